The molecule has 0 spiro atoms. The normalized spacial score (nSPS) is 11.9. The highest BCUT2D eigenvalue weighted by atomic mass is 28.3. The zero-order chi connectivity index (χ0) is 32.7. The second kappa shape index (κ2) is 40.2. The molecule has 272 valence electrons. The highest BCUT2D eigenvalue weighted by Gasteiger charge is 2.15. The van der Waals surface area contributed by atoms with Crippen LogP contribution in [0, 0.1) is 0 Å². The van der Waals surface area contributed by atoms with Crippen LogP contribution in [0.15, 0.2) is 0 Å². The summed E-state index contributed by atoms with van der Waals surface area (Å²) in [5.41, 5.74) is 0. The van der Waals surface area contributed by atoms with Gasteiger partial charge >= 0.3 is 9.53 Å². The highest BCUT2D eigenvalue weighted by molar-refractivity contribution is 6.36. The molecule has 0 aromatic rings. The van der Waals surface area contributed by atoms with Gasteiger partial charge in [-0.1, -0.05) is 206 Å². The fraction of sp³-hybridized carbons (Fsp3) is 1.00. The summed E-state index contributed by atoms with van der Waals surface area (Å²) in [5, 5.41) is 0. The third-order valence-electron chi connectivity index (χ3n) is 9.30. The molecule has 0 N–H and O–H groups in total. The molecular formula is C40H85NO3Si. The van der Waals surface area contributed by atoms with Crippen LogP contribution in [-0.4, -0.2) is 54.9 Å². The molecule has 0 radical (unpaired) electrons. The molecule has 0 amide bonds. The Morgan fingerprint density at radius 2 is 0.533 bits per heavy atom. The third kappa shape index (κ3) is 40.1. The van der Waals surface area contributed by atoms with Crippen LogP contribution >= 0.6 is 0 Å². The predicted octanol–water partition coefficient (Wildman–Crippen LogP) is 12.8. The van der Waals surface area contributed by atoms with Gasteiger partial charge in [0.1, 0.15) is 0 Å². The Labute approximate surface area is 286 Å². The van der Waals surface area contributed by atoms with Gasteiger partial charge in [-0.15, -0.1) is 0 Å². The third-order valence-corrected chi connectivity index (χ3v) is 10.8. The van der Waals surface area contributed by atoms with Gasteiger partial charge in [0.05, 0.1) is 6.61 Å². The first-order valence-corrected chi connectivity index (χ1v) is 22.1. The standard InChI is InChI=1S/C40H85NO3Si/c1-5-7-9-11-13-15-17-19-21-23-25-27-29-31-33-35-38-42-45(44-40-37-41(3)4)43-39-36-34-32-30-28-26-24-22-20-18-16-14-12-10-8-6-2/h45H,5-40H2,1-4H3. The van der Waals surface area contributed by atoms with E-state index in [2.05, 4.69) is 32.8 Å². The highest BCUT2D eigenvalue weighted by Crippen LogP contribution is 2.15. The molecule has 0 unspecified atom stereocenters. The quantitative estimate of drug-likeness (QED) is 0.0485. The summed E-state index contributed by atoms with van der Waals surface area (Å²) in [6.07, 6.45) is 44.7. The van der Waals surface area contributed by atoms with Crippen molar-refractivity contribution in [1.82, 2.24) is 4.90 Å². The fourth-order valence-electron chi connectivity index (χ4n) is 6.14. The summed E-state index contributed by atoms with van der Waals surface area (Å²) < 4.78 is 18.4. The molecule has 4 nitrogen and oxygen atoms in total. The second-order valence-corrected chi connectivity index (χ2v) is 15.9. The first kappa shape index (κ1) is 45.1. The van der Waals surface area contributed by atoms with E-state index in [0.29, 0.717) is 6.61 Å². The number of hydrogen-bond acceptors (Lipinski definition) is 4. The zero-order valence-electron chi connectivity index (χ0n) is 31.7. The molecule has 0 rings (SSSR count). The monoisotopic (exact) mass is 656 g/mol. The molecule has 0 aliphatic rings. The Bertz CT molecular complexity index is 484. The van der Waals surface area contributed by atoms with E-state index in [9.17, 15) is 0 Å². The van der Waals surface area contributed by atoms with Gasteiger partial charge in [0, 0.05) is 19.8 Å². The molecule has 0 saturated carbocycles. The van der Waals surface area contributed by atoms with Crippen molar-refractivity contribution in [3.63, 3.8) is 0 Å². The van der Waals surface area contributed by atoms with Crippen molar-refractivity contribution in [3.8, 4) is 0 Å². The smallest absolute Gasteiger partial charge is 0.376 e. The van der Waals surface area contributed by atoms with Crippen molar-refractivity contribution < 1.29 is 13.3 Å². The summed E-state index contributed by atoms with van der Waals surface area (Å²) in [6, 6.07) is 0. The van der Waals surface area contributed by atoms with Gasteiger partial charge in [-0.2, -0.15) is 0 Å². The SMILES string of the molecule is CCCCCCCCCCCCCCCCCCO[SiH](OCCCCCCCCCCCCCCCCCC)OCCN(C)C. The van der Waals surface area contributed by atoms with Crippen LogP contribution in [0.1, 0.15) is 219 Å². The second-order valence-electron chi connectivity index (χ2n) is 14.3. The average Bonchev–Trinajstić information content (AvgIpc) is 3.03. The average molecular weight is 656 g/mol. The number of unbranched alkanes of at least 4 members (excludes halogenated alkanes) is 30. The Balaban J connectivity index is 3.60. The van der Waals surface area contributed by atoms with E-state index in [1.54, 1.807) is 0 Å². The minimum absolute atomic E-state index is 0.710. The lowest BCUT2D eigenvalue weighted by atomic mass is 10.0. The first-order chi connectivity index (χ1) is 22.2. The molecular weight excluding hydrogens is 571 g/mol. The van der Waals surface area contributed by atoms with Gasteiger partial charge in [-0.05, 0) is 26.9 Å². The van der Waals surface area contributed by atoms with E-state index in [4.69, 9.17) is 13.3 Å². The van der Waals surface area contributed by atoms with Crippen molar-refractivity contribution in [3.05, 3.63) is 0 Å². The molecule has 0 aromatic carbocycles. The molecule has 0 aliphatic carbocycles. The van der Waals surface area contributed by atoms with Crippen molar-refractivity contribution >= 4 is 9.53 Å². The van der Waals surface area contributed by atoms with Gasteiger partial charge < -0.3 is 18.2 Å². The van der Waals surface area contributed by atoms with Gasteiger partial charge in [-0.25, -0.2) is 0 Å². The summed E-state index contributed by atoms with van der Waals surface area (Å²) >= 11 is 0. The van der Waals surface area contributed by atoms with Crippen LogP contribution < -0.4 is 0 Å². The maximum atomic E-state index is 6.15. The van der Waals surface area contributed by atoms with Gasteiger partial charge in [0.25, 0.3) is 0 Å². The number of likely N-dealkylation sites (N-methyl/N-ethyl adjacent to an activating group) is 1. The molecule has 0 aliphatic heterocycles. The molecule has 5 heteroatoms. The van der Waals surface area contributed by atoms with Gasteiger partial charge in [0.2, 0.25) is 0 Å². The van der Waals surface area contributed by atoms with E-state index in [1.807, 2.05) is 0 Å². The number of hydrogen-bond donors (Lipinski definition) is 0. The minimum atomic E-state index is -2.01. The molecule has 0 saturated heterocycles. The molecule has 0 heterocycles. The van der Waals surface area contributed by atoms with Crippen LogP contribution in [-0.2, 0) is 13.3 Å². The molecule has 0 atom stereocenters. The molecule has 0 fully saturated rings. The molecule has 0 aromatic heterocycles. The van der Waals surface area contributed by atoms with E-state index in [1.165, 1.54) is 193 Å². The van der Waals surface area contributed by atoms with Crippen LogP contribution in [0.2, 0.25) is 0 Å². The van der Waals surface area contributed by atoms with Crippen molar-refractivity contribution in [2.24, 2.45) is 0 Å². The Kier molecular flexibility index (Phi) is 40.3. The van der Waals surface area contributed by atoms with Gasteiger partial charge in [-0.3, -0.25) is 0 Å². The number of nitrogens with zero attached hydrogens (tertiary/aromatic N) is 1. The van der Waals surface area contributed by atoms with E-state index >= 15 is 0 Å². The largest absolute Gasteiger partial charge is 0.484 e. The zero-order valence-corrected chi connectivity index (χ0v) is 32.9. The Hall–Kier alpha value is 0.0569. The lowest BCUT2D eigenvalue weighted by Crippen LogP contribution is -2.31. The van der Waals surface area contributed by atoms with Gasteiger partial charge in [0.15, 0.2) is 0 Å². The van der Waals surface area contributed by atoms with Crippen molar-refractivity contribution in [2.75, 3.05) is 40.5 Å². The molecule has 45 heavy (non-hydrogen) atoms. The maximum absolute atomic E-state index is 6.15. The summed E-state index contributed by atoms with van der Waals surface area (Å²) in [6.45, 7) is 7.84. The summed E-state index contributed by atoms with van der Waals surface area (Å²) in [5.74, 6) is 0. The van der Waals surface area contributed by atoms with Crippen molar-refractivity contribution in [2.45, 2.75) is 219 Å². The predicted molar refractivity (Wildman–Crippen MR) is 203 cm³/mol. The fourth-order valence-corrected chi connectivity index (χ4v) is 7.44. The van der Waals surface area contributed by atoms with Crippen molar-refractivity contribution in [1.29, 1.82) is 0 Å². The van der Waals surface area contributed by atoms with Crippen LogP contribution in [0.25, 0.3) is 0 Å². The number of rotatable bonds is 40. The van der Waals surface area contributed by atoms with E-state index in [0.717, 1.165) is 32.6 Å². The van der Waals surface area contributed by atoms with E-state index in [-0.39, 0.29) is 0 Å². The minimum Gasteiger partial charge on any atom is -0.376 e. The van der Waals surface area contributed by atoms with E-state index < -0.39 is 9.53 Å². The molecule has 0 bridgehead atoms. The topological polar surface area (TPSA) is 30.9 Å². The summed E-state index contributed by atoms with van der Waals surface area (Å²) in [7, 11) is 2.18. The summed E-state index contributed by atoms with van der Waals surface area (Å²) in [4.78, 5) is 2.16. The Morgan fingerprint density at radius 3 is 0.778 bits per heavy atom. The van der Waals surface area contributed by atoms with Crippen LogP contribution in [0.5, 0.6) is 0 Å². The lowest BCUT2D eigenvalue weighted by Gasteiger charge is -2.18. The maximum Gasteiger partial charge on any atom is 0.484 e. The van der Waals surface area contributed by atoms with Crippen LogP contribution in [0.4, 0.5) is 0 Å². The lowest BCUT2D eigenvalue weighted by molar-refractivity contribution is 0.0848. The Morgan fingerprint density at radius 1 is 0.311 bits per heavy atom. The first-order valence-electron chi connectivity index (χ1n) is 20.7. The van der Waals surface area contributed by atoms with Crippen LogP contribution in [0.3, 0.4) is 0 Å².